The number of rotatable bonds is 9. The molecule has 3 rings (SSSR count). The summed E-state index contributed by atoms with van der Waals surface area (Å²) in [4.78, 5) is 7.31. The van der Waals surface area contributed by atoms with Crippen LogP contribution < -0.4 is 10.6 Å². The summed E-state index contributed by atoms with van der Waals surface area (Å²) in [5.41, 5.74) is 2.08. The van der Waals surface area contributed by atoms with E-state index in [1.165, 1.54) is 6.07 Å². The fourth-order valence-corrected chi connectivity index (χ4v) is 4.68. The van der Waals surface area contributed by atoms with Crippen LogP contribution in [0.4, 0.5) is 4.39 Å². The average Bonchev–Trinajstić information content (AvgIpc) is 3.29. The summed E-state index contributed by atoms with van der Waals surface area (Å²) in [6.07, 6.45) is 3.13. The molecule has 2 N–H and O–H groups in total. The number of benzene rings is 1. The SMILES string of the molecule is CCNC(=NCc1ccc(F)cc1CSC)NCC(C1CCOC1)N1CCOCC1. The molecule has 6 nitrogen and oxygen atoms in total. The van der Waals surface area contributed by atoms with Crippen molar-refractivity contribution in [1.29, 1.82) is 0 Å². The number of nitrogens with zero attached hydrogens (tertiary/aromatic N) is 2. The Labute approximate surface area is 184 Å². The van der Waals surface area contributed by atoms with Crippen molar-refractivity contribution in [2.45, 2.75) is 31.7 Å². The van der Waals surface area contributed by atoms with Crippen molar-refractivity contribution in [3.63, 3.8) is 0 Å². The summed E-state index contributed by atoms with van der Waals surface area (Å²) < 4.78 is 24.8. The van der Waals surface area contributed by atoms with Crippen LogP contribution in [0, 0.1) is 11.7 Å². The minimum absolute atomic E-state index is 0.191. The molecule has 30 heavy (non-hydrogen) atoms. The maximum Gasteiger partial charge on any atom is 0.191 e. The second kappa shape index (κ2) is 12.5. The summed E-state index contributed by atoms with van der Waals surface area (Å²) in [6, 6.07) is 5.39. The van der Waals surface area contributed by atoms with Crippen LogP contribution in [0.3, 0.4) is 0 Å². The Bertz CT molecular complexity index is 679. The van der Waals surface area contributed by atoms with Gasteiger partial charge in [0.2, 0.25) is 0 Å². The van der Waals surface area contributed by atoms with Gasteiger partial charge in [-0.05, 0) is 42.9 Å². The molecule has 0 spiro atoms. The molecule has 2 atom stereocenters. The zero-order valence-corrected chi connectivity index (χ0v) is 19.0. The van der Waals surface area contributed by atoms with Gasteiger partial charge in [0.05, 0.1) is 26.4 Å². The van der Waals surface area contributed by atoms with Crippen molar-refractivity contribution in [2.75, 3.05) is 58.9 Å². The summed E-state index contributed by atoms with van der Waals surface area (Å²) in [5, 5.41) is 6.90. The predicted molar refractivity (Wildman–Crippen MR) is 122 cm³/mol. The lowest BCUT2D eigenvalue weighted by Crippen LogP contribution is -2.53. The van der Waals surface area contributed by atoms with Crippen molar-refractivity contribution in [3.05, 3.63) is 35.1 Å². The molecule has 1 aromatic rings. The standard InChI is InChI=1S/C22H35FN4O2S/c1-3-24-22(25-13-17-4-5-20(23)12-19(17)16-30-2)26-14-21(18-6-9-29-15-18)27-7-10-28-11-8-27/h4-5,12,18,21H,3,6-11,13-16H2,1-2H3,(H2,24,25,26). The van der Waals surface area contributed by atoms with Gasteiger partial charge in [-0.15, -0.1) is 0 Å². The maximum absolute atomic E-state index is 13.6. The number of aliphatic imine (C=N–C) groups is 1. The van der Waals surface area contributed by atoms with Gasteiger partial charge in [-0.2, -0.15) is 11.8 Å². The molecule has 1 aromatic carbocycles. The number of morpholine rings is 1. The second-order valence-electron chi connectivity index (χ2n) is 7.76. The smallest absolute Gasteiger partial charge is 0.191 e. The van der Waals surface area contributed by atoms with E-state index >= 15 is 0 Å². The molecular weight excluding hydrogens is 403 g/mol. The van der Waals surface area contributed by atoms with Crippen molar-refractivity contribution >= 4 is 17.7 Å². The molecular formula is C22H35FN4O2S. The number of hydrogen-bond acceptors (Lipinski definition) is 5. The van der Waals surface area contributed by atoms with Gasteiger partial charge in [-0.25, -0.2) is 9.38 Å². The number of guanidine groups is 1. The first-order valence-electron chi connectivity index (χ1n) is 10.9. The minimum Gasteiger partial charge on any atom is -0.381 e. The Morgan fingerprint density at radius 3 is 2.77 bits per heavy atom. The van der Waals surface area contributed by atoms with E-state index in [0.29, 0.717) is 18.5 Å². The zero-order chi connectivity index (χ0) is 21.2. The summed E-state index contributed by atoms with van der Waals surface area (Å²) in [5.74, 6) is 1.93. The average molecular weight is 439 g/mol. The van der Waals surface area contributed by atoms with Gasteiger partial charge in [0, 0.05) is 50.5 Å². The van der Waals surface area contributed by atoms with Crippen LogP contribution in [0.5, 0.6) is 0 Å². The van der Waals surface area contributed by atoms with Crippen molar-refractivity contribution in [2.24, 2.45) is 10.9 Å². The quantitative estimate of drug-likeness (QED) is 0.456. The third-order valence-corrected chi connectivity index (χ3v) is 6.32. The fourth-order valence-electron chi connectivity index (χ4n) is 4.11. The maximum atomic E-state index is 13.6. The Morgan fingerprint density at radius 1 is 1.23 bits per heavy atom. The van der Waals surface area contributed by atoms with E-state index in [2.05, 4.69) is 22.5 Å². The lowest BCUT2D eigenvalue weighted by molar-refractivity contribution is 0.00246. The van der Waals surface area contributed by atoms with Gasteiger partial charge in [0.25, 0.3) is 0 Å². The van der Waals surface area contributed by atoms with E-state index in [0.717, 1.165) is 81.9 Å². The van der Waals surface area contributed by atoms with E-state index in [9.17, 15) is 4.39 Å². The van der Waals surface area contributed by atoms with Crippen LogP contribution in [0.2, 0.25) is 0 Å². The lowest BCUT2D eigenvalue weighted by Gasteiger charge is -2.37. The molecule has 168 valence electrons. The van der Waals surface area contributed by atoms with Crippen LogP contribution in [0.25, 0.3) is 0 Å². The largest absolute Gasteiger partial charge is 0.381 e. The normalized spacial score (nSPS) is 21.6. The first kappa shape index (κ1) is 23.3. The zero-order valence-electron chi connectivity index (χ0n) is 18.2. The van der Waals surface area contributed by atoms with Gasteiger partial charge in [0.1, 0.15) is 5.82 Å². The number of ether oxygens (including phenoxy) is 2. The molecule has 0 bridgehead atoms. The first-order chi connectivity index (χ1) is 14.7. The monoisotopic (exact) mass is 438 g/mol. The second-order valence-corrected chi connectivity index (χ2v) is 8.63. The van der Waals surface area contributed by atoms with E-state index < -0.39 is 0 Å². The fraction of sp³-hybridized carbons (Fsp3) is 0.682. The van der Waals surface area contributed by atoms with E-state index in [1.807, 2.05) is 12.3 Å². The number of hydrogen-bond donors (Lipinski definition) is 2. The van der Waals surface area contributed by atoms with Gasteiger partial charge < -0.3 is 20.1 Å². The van der Waals surface area contributed by atoms with Gasteiger partial charge in [-0.1, -0.05) is 6.07 Å². The lowest BCUT2D eigenvalue weighted by atomic mass is 9.97. The highest BCUT2D eigenvalue weighted by Gasteiger charge is 2.31. The minimum atomic E-state index is -0.191. The highest BCUT2D eigenvalue weighted by Crippen LogP contribution is 2.22. The Kier molecular flexibility index (Phi) is 9.71. The highest BCUT2D eigenvalue weighted by atomic mass is 32.2. The molecule has 2 fully saturated rings. The van der Waals surface area contributed by atoms with E-state index in [-0.39, 0.29) is 5.82 Å². The van der Waals surface area contributed by atoms with E-state index in [4.69, 9.17) is 14.5 Å². The molecule has 2 heterocycles. The van der Waals surface area contributed by atoms with Crippen molar-refractivity contribution in [1.82, 2.24) is 15.5 Å². The Hall–Kier alpha value is -1.35. The van der Waals surface area contributed by atoms with Crippen molar-refractivity contribution < 1.29 is 13.9 Å². The third kappa shape index (κ3) is 6.83. The van der Waals surface area contributed by atoms with Crippen molar-refractivity contribution in [3.8, 4) is 0 Å². The predicted octanol–water partition coefficient (Wildman–Crippen LogP) is 2.48. The van der Waals surface area contributed by atoms with Crippen LogP contribution in [-0.4, -0.2) is 75.8 Å². The Balaban J connectivity index is 1.66. The van der Waals surface area contributed by atoms with Crippen LogP contribution >= 0.6 is 11.8 Å². The molecule has 0 radical (unpaired) electrons. The molecule has 0 aromatic heterocycles. The molecule has 2 aliphatic rings. The molecule has 2 aliphatic heterocycles. The number of halogens is 1. The molecule has 8 heteroatoms. The number of nitrogens with one attached hydrogen (secondary N) is 2. The molecule has 0 aliphatic carbocycles. The third-order valence-electron chi connectivity index (χ3n) is 5.72. The summed E-state index contributed by atoms with van der Waals surface area (Å²) in [6.45, 7) is 9.39. The first-order valence-corrected chi connectivity index (χ1v) is 12.3. The van der Waals surface area contributed by atoms with Crippen LogP contribution in [0.15, 0.2) is 23.2 Å². The number of thioether (sulfide) groups is 1. The van der Waals surface area contributed by atoms with Crippen LogP contribution in [0.1, 0.15) is 24.5 Å². The summed E-state index contributed by atoms with van der Waals surface area (Å²) >= 11 is 1.69. The summed E-state index contributed by atoms with van der Waals surface area (Å²) in [7, 11) is 0. The molecule has 2 unspecified atom stereocenters. The molecule has 0 amide bonds. The van der Waals surface area contributed by atoms with E-state index in [1.54, 1.807) is 17.8 Å². The highest BCUT2D eigenvalue weighted by molar-refractivity contribution is 7.97. The van der Waals surface area contributed by atoms with Crippen LogP contribution in [-0.2, 0) is 21.8 Å². The topological polar surface area (TPSA) is 58.1 Å². The van der Waals surface area contributed by atoms with Gasteiger partial charge in [-0.3, -0.25) is 4.90 Å². The van der Waals surface area contributed by atoms with Gasteiger partial charge >= 0.3 is 0 Å². The molecule has 0 saturated carbocycles. The van der Waals surface area contributed by atoms with Gasteiger partial charge in [0.15, 0.2) is 5.96 Å². The molecule has 2 saturated heterocycles. The Morgan fingerprint density at radius 2 is 2.07 bits per heavy atom.